The number of fused-ring (bicyclic) bond motifs is 3. The Morgan fingerprint density at radius 3 is 2.80 bits per heavy atom. The molecule has 2 fully saturated rings. The molecule has 128 valence electrons. The average molecular weight is 332 g/mol. The number of nitrogens with one attached hydrogen (secondary N) is 2. The van der Waals surface area contributed by atoms with Gasteiger partial charge in [0.25, 0.3) is 0 Å². The summed E-state index contributed by atoms with van der Waals surface area (Å²) < 4.78 is 0. The van der Waals surface area contributed by atoms with E-state index in [9.17, 15) is 0 Å². The maximum Gasteiger partial charge on any atom is 0.0535 e. The number of hydrogen-bond donors (Lipinski definition) is 2. The highest BCUT2D eigenvalue weighted by Gasteiger charge is 2.38. The summed E-state index contributed by atoms with van der Waals surface area (Å²) in [5, 5.41) is 5.01. The predicted molar refractivity (Wildman–Crippen MR) is 103 cm³/mol. The standard InChI is InChI=1S/C21H24N4/c1-25-17-5-6-18(25)11-15(10-17)24-16-9-14(12-22-13-16)19-3-2-4-21-20(19)7-8-23-21/h2-4,7-9,12-13,15,17-18,23-24H,5-6,10-11H2,1H3. The van der Waals surface area contributed by atoms with Crippen LogP contribution in [0.25, 0.3) is 22.0 Å². The Hall–Kier alpha value is -2.33. The quantitative estimate of drug-likeness (QED) is 0.753. The lowest BCUT2D eigenvalue weighted by Crippen LogP contribution is -2.44. The molecule has 2 aliphatic heterocycles. The Morgan fingerprint density at radius 1 is 1.12 bits per heavy atom. The van der Waals surface area contributed by atoms with E-state index in [-0.39, 0.29) is 0 Å². The normalized spacial score (nSPS) is 26.2. The van der Waals surface area contributed by atoms with Crippen molar-refractivity contribution in [2.24, 2.45) is 0 Å². The van der Waals surface area contributed by atoms with Crippen molar-refractivity contribution in [1.82, 2.24) is 14.9 Å². The van der Waals surface area contributed by atoms with Gasteiger partial charge in [-0.05, 0) is 56.5 Å². The first kappa shape index (κ1) is 15.0. The van der Waals surface area contributed by atoms with Crippen LogP contribution in [-0.2, 0) is 0 Å². The average Bonchev–Trinajstić information content (AvgIpc) is 3.17. The third-order valence-corrected chi connectivity index (χ3v) is 6.11. The van der Waals surface area contributed by atoms with Gasteiger partial charge >= 0.3 is 0 Å². The zero-order valence-corrected chi connectivity index (χ0v) is 14.6. The molecule has 3 aromatic rings. The number of aromatic amines is 1. The second-order valence-corrected chi connectivity index (χ2v) is 7.57. The third kappa shape index (κ3) is 2.61. The lowest BCUT2D eigenvalue weighted by Gasteiger charge is -2.37. The Labute approximate surface area is 148 Å². The van der Waals surface area contributed by atoms with Crippen LogP contribution in [0.3, 0.4) is 0 Å². The number of piperidine rings is 1. The number of hydrogen-bond acceptors (Lipinski definition) is 3. The van der Waals surface area contributed by atoms with Crippen molar-refractivity contribution >= 4 is 16.6 Å². The summed E-state index contributed by atoms with van der Waals surface area (Å²) in [5.74, 6) is 0. The van der Waals surface area contributed by atoms with E-state index in [4.69, 9.17) is 0 Å². The lowest BCUT2D eigenvalue weighted by atomic mass is 9.97. The van der Waals surface area contributed by atoms with Crippen LogP contribution in [0.15, 0.2) is 48.9 Å². The van der Waals surface area contributed by atoms with Crippen molar-refractivity contribution in [3.63, 3.8) is 0 Å². The molecule has 2 unspecified atom stereocenters. The van der Waals surface area contributed by atoms with E-state index in [0.29, 0.717) is 6.04 Å². The van der Waals surface area contributed by atoms with E-state index < -0.39 is 0 Å². The Morgan fingerprint density at radius 2 is 1.96 bits per heavy atom. The number of benzene rings is 1. The van der Waals surface area contributed by atoms with Crippen LogP contribution in [0.1, 0.15) is 25.7 Å². The molecule has 4 heterocycles. The first-order valence-corrected chi connectivity index (χ1v) is 9.28. The van der Waals surface area contributed by atoms with Gasteiger partial charge in [-0.3, -0.25) is 4.98 Å². The maximum atomic E-state index is 4.50. The molecule has 0 aliphatic carbocycles. The van der Waals surface area contributed by atoms with Crippen molar-refractivity contribution in [3.05, 3.63) is 48.9 Å². The Bertz CT molecular complexity index is 886. The molecule has 2 atom stereocenters. The van der Waals surface area contributed by atoms with Gasteiger partial charge < -0.3 is 15.2 Å². The summed E-state index contributed by atoms with van der Waals surface area (Å²) in [4.78, 5) is 10.4. The minimum absolute atomic E-state index is 0.564. The van der Waals surface area contributed by atoms with Crippen LogP contribution < -0.4 is 5.32 Å². The summed E-state index contributed by atoms with van der Waals surface area (Å²) >= 11 is 0. The van der Waals surface area contributed by atoms with Gasteiger partial charge in [0.05, 0.1) is 5.69 Å². The van der Waals surface area contributed by atoms with Gasteiger partial charge in [0.1, 0.15) is 0 Å². The maximum absolute atomic E-state index is 4.50. The molecule has 4 heteroatoms. The van der Waals surface area contributed by atoms with Gasteiger partial charge in [-0.15, -0.1) is 0 Å². The zero-order valence-electron chi connectivity index (χ0n) is 14.6. The number of pyridine rings is 1. The van der Waals surface area contributed by atoms with Crippen molar-refractivity contribution in [3.8, 4) is 11.1 Å². The SMILES string of the molecule is CN1C2CCC1CC(Nc1cncc(-c3cccc4[nH]ccc34)c1)C2. The largest absolute Gasteiger partial charge is 0.381 e. The van der Waals surface area contributed by atoms with Crippen LogP contribution in [0.5, 0.6) is 0 Å². The van der Waals surface area contributed by atoms with E-state index in [1.165, 1.54) is 47.7 Å². The molecular formula is C21H24N4. The molecule has 0 radical (unpaired) electrons. The molecule has 2 aromatic heterocycles. The van der Waals surface area contributed by atoms with E-state index in [0.717, 1.165) is 17.8 Å². The monoisotopic (exact) mass is 332 g/mol. The van der Waals surface area contributed by atoms with Crippen LogP contribution >= 0.6 is 0 Å². The minimum atomic E-state index is 0.564. The first-order valence-electron chi connectivity index (χ1n) is 9.28. The number of aromatic nitrogens is 2. The van der Waals surface area contributed by atoms with E-state index in [1.807, 2.05) is 18.6 Å². The van der Waals surface area contributed by atoms with Gasteiger partial charge in [0.2, 0.25) is 0 Å². The molecular weight excluding hydrogens is 308 g/mol. The molecule has 2 bridgehead atoms. The second-order valence-electron chi connectivity index (χ2n) is 7.57. The molecule has 5 rings (SSSR count). The second kappa shape index (κ2) is 5.88. The summed E-state index contributed by atoms with van der Waals surface area (Å²) in [6.45, 7) is 0. The van der Waals surface area contributed by atoms with Gasteiger partial charge in [-0.2, -0.15) is 0 Å². The topological polar surface area (TPSA) is 44.0 Å². The van der Waals surface area contributed by atoms with Crippen molar-refractivity contribution in [1.29, 1.82) is 0 Å². The molecule has 25 heavy (non-hydrogen) atoms. The number of nitrogens with zero attached hydrogens (tertiary/aromatic N) is 2. The fraction of sp³-hybridized carbons (Fsp3) is 0.381. The van der Waals surface area contributed by atoms with E-state index >= 15 is 0 Å². The lowest BCUT2D eigenvalue weighted by molar-refractivity contribution is 0.169. The zero-order chi connectivity index (χ0) is 16.8. The molecule has 1 aromatic carbocycles. The van der Waals surface area contributed by atoms with Gasteiger partial charge in [-0.1, -0.05) is 12.1 Å². The molecule has 4 nitrogen and oxygen atoms in total. The van der Waals surface area contributed by atoms with Crippen molar-refractivity contribution in [2.45, 2.75) is 43.8 Å². The molecule has 2 N–H and O–H groups in total. The highest BCUT2D eigenvalue weighted by Crippen LogP contribution is 2.36. The fourth-order valence-corrected chi connectivity index (χ4v) is 4.77. The van der Waals surface area contributed by atoms with E-state index in [2.05, 4.69) is 57.6 Å². The fourth-order valence-electron chi connectivity index (χ4n) is 4.77. The Balaban J connectivity index is 1.41. The van der Waals surface area contributed by atoms with Crippen molar-refractivity contribution in [2.75, 3.05) is 12.4 Å². The molecule has 0 amide bonds. The molecule has 0 spiro atoms. The molecule has 2 aliphatic rings. The first-order chi connectivity index (χ1) is 12.3. The number of rotatable bonds is 3. The van der Waals surface area contributed by atoms with Gasteiger partial charge in [0.15, 0.2) is 0 Å². The predicted octanol–water partition coefficient (Wildman–Crippen LogP) is 4.27. The van der Waals surface area contributed by atoms with Crippen LogP contribution in [0.2, 0.25) is 0 Å². The van der Waals surface area contributed by atoms with Gasteiger partial charge in [0, 0.05) is 53.2 Å². The summed E-state index contributed by atoms with van der Waals surface area (Å²) in [6, 6.07) is 12.8. The highest BCUT2D eigenvalue weighted by atomic mass is 15.2. The van der Waals surface area contributed by atoms with E-state index in [1.54, 1.807) is 0 Å². The smallest absolute Gasteiger partial charge is 0.0535 e. The summed E-state index contributed by atoms with van der Waals surface area (Å²) in [6.07, 6.45) is 11.1. The minimum Gasteiger partial charge on any atom is -0.381 e. The van der Waals surface area contributed by atoms with Crippen LogP contribution in [-0.4, -0.2) is 40.0 Å². The number of anilines is 1. The third-order valence-electron chi connectivity index (χ3n) is 6.11. The van der Waals surface area contributed by atoms with Crippen LogP contribution in [0, 0.1) is 0 Å². The highest BCUT2D eigenvalue weighted by molar-refractivity contribution is 5.95. The van der Waals surface area contributed by atoms with Gasteiger partial charge in [-0.25, -0.2) is 0 Å². The summed E-state index contributed by atoms with van der Waals surface area (Å²) in [5.41, 5.74) is 4.71. The molecule has 2 saturated heterocycles. The number of H-pyrrole nitrogens is 1. The van der Waals surface area contributed by atoms with Crippen LogP contribution in [0.4, 0.5) is 5.69 Å². The molecule has 0 saturated carbocycles. The Kier molecular flexibility index (Phi) is 3.52. The summed E-state index contributed by atoms with van der Waals surface area (Å²) in [7, 11) is 2.29. The van der Waals surface area contributed by atoms with Crippen molar-refractivity contribution < 1.29 is 0 Å².